The van der Waals surface area contributed by atoms with Crippen molar-refractivity contribution < 1.29 is 0 Å². The molecule has 0 bridgehead atoms. The zero-order valence-corrected chi connectivity index (χ0v) is 15.1. The van der Waals surface area contributed by atoms with Crippen LogP contribution >= 0.6 is 0 Å². The van der Waals surface area contributed by atoms with E-state index < -0.39 is 0 Å². The van der Waals surface area contributed by atoms with Gasteiger partial charge in [0.15, 0.2) is 0 Å². The monoisotopic (exact) mass is 354 g/mol. The second-order valence-electron chi connectivity index (χ2n) is 6.47. The standard InChI is InChI=1S/C23H22N4/c1-4-10-19(11-5-1)23(26-25-20-12-6-2-7-13-20)18-22-16-17-24-27(22)21-14-8-3-9-15-21/h1-15,17,22,25H,16,18H2/b26-23-/t22-/m0/s1. The van der Waals surface area contributed by atoms with Crippen LogP contribution in [0.3, 0.4) is 0 Å². The van der Waals surface area contributed by atoms with E-state index in [-0.39, 0.29) is 6.04 Å². The molecule has 1 N–H and O–H groups in total. The van der Waals surface area contributed by atoms with E-state index in [0.29, 0.717) is 0 Å². The minimum Gasteiger partial charge on any atom is -0.278 e. The number of benzene rings is 3. The Kier molecular flexibility index (Phi) is 5.25. The van der Waals surface area contributed by atoms with Crippen LogP contribution in [0.25, 0.3) is 0 Å². The molecule has 0 aromatic heterocycles. The van der Waals surface area contributed by atoms with E-state index in [0.717, 1.165) is 35.5 Å². The van der Waals surface area contributed by atoms with Gasteiger partial charge in [-0.3, -0.25) is 10.4 Å². The number of anilines is 2. The molecule has 0 saturated carbocycles. The van der Waals surface area contributed by atoms with Gasteiger partial charge in [0, 0.05) is 19.1 Å². The Hall–Kier alpha value is -3.40. The molecule has 1 heterocycles. The maximum atomic E-state index is 4.74. The Morgan fingerprint density at radius 1 is 0.889 bits per heavy atom. The van der Waals surface area contributed by atoms with Crippen LogP contribution in [-0.4, -0.2) is 18.0 Å². The van der Waals surface area contributed by atoms with Crippen LogP contribution in [0.15, 0.2) is 101 Å². The molecule has 0 spiro atoms. The minimum atomic E-state index is 0.254. The fourth-order valence-electron chi connectivity index (χ4n) is 3.21. The summed E-state index contributed by atoms with van der Waals surface area (Å²) in [7, 11) is 0. The van der Waals surface area contributed by atoms with Gasteiger partial charge in [-0.15, -0.1) is 0 Å². The van der Waals surface area contributed by atoms with E-state index in [1.807, 2.05) is 72.9 Å². The van der Waals surface area contributed by atoms with E-state index in [2.05, 4.69) is 39.8 Å². The lowest BCUT2D eigenvalue weighted by atomic mass is 10.0. The molecule has 0 aliphatic carbocycles. The molecule has 0 amide bonds. The van der Waals surface area contributed by atoms with E-state index in [1.54, 1.807) is 0 Å². The highest BCUT2D eigenvalue weighted by Gasteiger charge is 2.24. The van der Waals surface area contributed by atoms with Gasteiger partial charge in [-0.2, -0.15) is 10.2 Å². The molecule has 4 nitrogen and oxygen atoms in total. The second-order valence-corrected chi connectivity index (χ2v) is 6.47. The van der Waals surface area contributed by atoms with Crippen molar-refractivity contribution >= 4 is 23.3 Å². The molecule has 4 rings (SSSR count). The van der Waals surface area contributed by atoms with Crippen LogP contribution in [-0.2, 0) is 0 Å². The Bertz CT molecular complexity index is 905. The van der Waals surface area contributed by atoms with Gasteiger partial charge in [-0.1, -0.05) is 66.7 Å². The van der Waals surface area contributed by atoms with Gasteiger partial charge in [0.2, 0.25) is 0 Å². The predicted octanol–water partition coefficient (Wildman–Crippen LogP) is 5.16. The quantitative estimate of drug-likeness (QED) is 0.491. The first kappa shape index (κ1) is 17.0. The van der Waals surface area contributed by atoms with Crippen molar-refractivity contribution in [1.29, 1.82) is 0 Å². The van der Waals surface area contributed by atoms with Crippen molar-refractivity contribution in [2.45, 2.75) is 18.9 Å². The predicted molar refractivity (Wildman–Crippen MR) is 113 cm³/mol. The van der Waals surface area contributed by atoms with Crippen LogP contribution in [0.5, 0.6) is 0 Å². The Balaban J connectivity index is 1.57. The average Bonchev–Trinajstić information content (AvgIpc) is 3.21. The third kappa shape index (κ3) is 4.23. The lowest BCUT2D eigenvalue weighted by molar-refractivity contribution is 0.686. The SMILES string of the molecule is C1=NN(c2ccccc2)[C@H](C/C(=N/Nc2ccccc2)c2ccccc2)C1. The van der Waals surface area contributed by atoms with Gasteiger partial charge in [-0.05, 0) is 29.8 Å². The van der Waals surface area contributed by atoms with Gasteiger partial charge in [0.1, 0.15) is 0 Å². The van der Waals surface area contributed by atoms with Crippen LogP contribution in [0.2, 0.25) is 0 Å². The van der Waals surface area contributed by atoms with Gasteiger partial charge in [-0.25, -0.2) is 0 Å². The highest BCUT2D eigenvalue weighted by molar-refractivity contribution is 6.01. The third-order valence-electron chi connectivity index (χ3n) is 4.58. The fourth-order valence-corrected chi connectivity index (χ4v) is 3.21. The molecule has 3 aromatic rings. The summed E-state index contributed by atoms with van der Waals surface area (Å²) in [6.45, 7) is 0. The maximum Gasteiger partial charge on any atom is 0.0700 e. The molecule has 0 saturated heterocycles. The summed E-state index contributed by atoms with van der Waals surface area (Å²) in [6, 6.07) is 30.9. The summed E-state index contributed by atoms with van der Waals surface area (Å²) >= 11 is 0. The summed E-state index contributed by atoms with van der Waals surface area (Å²) in [6.07, 6.45) is 3.70. The van der Waals surface area contributed by atoms with E-state index >= 15 is 0 Å². The first-order chi connectivity index (χ1) is 13.4. The zero-order valence-electron chi connectivity index (χ0n) is 15.1. The first-order valence-electron chi connectivity index (χ1n) is 9.20. The van der Waals surface area contributed by atoms with Crippen molar-refractivity contribution in [2.24, 2.45) is 10.2 Å². The number of para-hydroxylation sites is 2. The third-order valence-corrected chi connectivity index (χ3v) is 4.58. The fraction of sp³-hybridized carbons (Fsp3) is 0.130. The highest BCUT2D eigenvalue weighted by atomic mass is 15.5. The molecule has 1 atom stereocenters. The Morgan fingerprint density at radius 2 is 1.52 bits per heavy atom. The topological polar surface area (TPSA) is 40.0 Å². The van der Waals surface area contributed by atoms with Crippen molar-refractivity contribution in [3.8, 4) is 0 Å². The molecular formula is C23H22N4. The summed E-state index contributed by atoms with van der Waals surface area (Å²) in [5.41, 5.74) is 7.44. The number of nitrogens with one attached hydrogen (secondary N) is 1. The zero-order chi connectivity index (χ0) is 18.3. The second kappa shape index (κ2) is 8.32. The minimum absolute atomic E-state index is 0.254. The summed E-state index contributed by atoms with van der Waals surface area (Å²) in [5, 5.41) is 11.4. The molecule has 0 radical (unpaired) electrons. The smallest absolute Gasteiger partial charge is 0.0700 e. The van der Waals surface area contributed by atoms with E-state index in [4.69, 9.17) is 5.10 Å². The molecule has 1 aliphatic rings. The van der Waals surface area contributed by atoms with Crippen molar-refractivity contribution in [3.05, 3.63) is 96.6 Å². The van der Waals surface area contributed by atoms with Gasteiger partial charge >= 0.3 is 0 Å². The number of rotatable bonds is 6. The van der Waals surface area contributed by atoms with Crippen molar-refractivity contribution in [2.75, 3.05) is 10.4 Å². The lowest BCUT2D eigenvalue weighted by Gasteiger charge is -2.24. The molecule has 0 fully saturated rings. The summed E-state index contributed by atoms with van der Waals surface area (Å²) < 4.78 is 0. The first-order valence-corrected chi connectivity index (χ1v) is 9.20. The highest BCUT2D eigenvalue weighted by Crippen LogP contribution is 2.25. The van der Waals surface area contributed by atoms with Crippen LogP contribution in [0.4, 0.5) is 11.4 Å². The Morgan fingerprint density at radius 3 is 2.22 bits per heavy atom. The molecule has 4 heteroatoms. The average molecular weight is 354 g/mol. The van der Waals surface area contributed by atoms with Crippen molar-refractivity contribution in [1.82, 2.24) is 0 Å². The van der Waals surface area contributed by atoms with Gasteiger partial charge < -0.3 is 0 Å². The number of hydrazone groups is 2. The molecular weight excluding hydrogens is 332 g/mol. The maximum absolute atomic E-state index is 4.74. The van der Waals surface area contributed by atoms with Crippen LogP contribution < -0.4 is 10.4 Å². The van der Waals surface area contributed by atoms with E-state index in [1.165, 1.54) is 0 Å². The van der Waals surface area contributed by atoms with Crippen molar-refractivity contribution in [3.63, 3.8) is 0 Å². The molecule has 27 heavy (non-hydrogen) atoms. The van der Waals surface area contributed by atoms with Gasteiger partial charge in [0.05, 0.1) is 23.1 Å². The molecule has 134 valence electrons. The largest absolute Gasteiger partial charge is 0.278 e. The van der Waals surface area contributed by atoms with Crippen LogP contribution in [0, 0.1) is 0 Å². The lowest BCUT2D eigenvalue weighted by Crippen LogP contribution is -2.29. The number of nitrogens with zero attached hydrogens (tertiary/aromatic N) is 3. The molecule has 3 aromatic carbocycles. The molecule has 0 unspecified atom stereocenters. The van der Waals surface area contributed by atoms with Crippen LogP contribution in [0.1, 0.15) is 18.4 Å². The van der Waals surface area contributed by atoms with Gasteiger partial charge in [0.25, 0.3) is 0 Å². The van der Waals surface area contributed by atoms with E-state index in [9.17, 15) is 0 Å². The summed E-state index contributed by atoms with van der Waals surface area (Å²) in [4.78, 5) is 0. The molecule has 1 aliphatic heterocycles. The number of hydrogen-bond donors (Lipinski definition) is 1. The number of hydrogen-bond acceptors (Lipinski definition) is 4. The Labute approximate surface area is 159 Å². The normalized spacial score (nSPS) is 16.5. The summed E-state index contributed by atoms with van der Waals surface area (Å²) in [5.74, 6) is 0.